The molecule has 0 aromatic heterocycles. The molecule has 10 heteroatoms. The standard InChI is InChI=1S/C18H14BrN3O6/c1-10(23)21-18(15-9-13(19)6-7-16(15)27-11(2)24)28-17(20-21)12-4-3-5-14(8-12)22(25)26/h3-9,18H,1-2H3/t18-/m1/s1. The van der Waals surface area contributed by atoms with Gasteiger partial charge in [0.2, 0.25) is 18.0 Å². The largest absolute Gasteiger partial charge is 0.446 e. The summed E-state index contributed by atoms with van der Waals surface area (Å²) in [6.07, 6.45) is -1.00. The Balaban J connectivity index is 2.02. The molecule has 0 fully saturated rings. The number of esters is 1. The highest BCUT2D eigenvalue weighted by molar-refractivity contribution is 9.10. The Bertz CT molecular complexity index is 1010. The minimum atomic E-state index is -1.00. The Morgan fingerprint density at radius 3 is 2.64 bits per heavy atom. The number of hydrogen-bond acceptors (Lipinski definition) is 7. The van der Waals surface area contributed by atoms with E-state index in [9.17, 15) is 19.7 Å². The predicted octanol–water partition coefficient (Wildman–Crippen LogP) is 3.52. The van der Waals surface area contributed by atoms with Crippen LogP contribution < -0.4 is 4.74 Å². The molecule has 1 heterocycles. The highest BCUT2D eigenvalue weighted by Crippen LogP contribution is 2.37. The van der Waals surface area contributed by atoms with Crippen molar-refractivity contribution in [2.75, 3.05) is 0 Å². The van der Waals surface area contributed by atoms with Crippen LogP contribution in [0.25, 0.3) is 0 Å². The summed E-state index contributed by atoms with van der Waals surface area (Å²) in [4.78, 5) is 34.0. The lowest BCUT2D eigenvalue weighted by molar-refractivity contribution is -0.384. The van der Waals surface area contributed by atoms with Gasteiger partial charge < -0.3 is 9.47 Å². The first kappa shape index (κ1) is 19.5. The molecule has 28 heavy (non-hydrogen) atoms. The van der Waals surface area contributed by atoms with Gasteiger partial charge in [0.25, 0.3) is 5.69 Å². The first-order chi connectivity index (χ1) is 13.3. The zero-order valence-corrected chi connectivity index (χ0v) is 16.4. The van der Waals surface area contributed by atoms with Crippen LogP contribution in [-0.4, -0.2) is 27.7 Å². The number of amides is 1. The van der Waals surface area contributed by atoms with E-state index in [-0.39, 0.29) is 17.3 Å². The van der Waals surface area contributed by atoms with Crippen molar-refractivity contribution < 1.29 is 24.0 Å². The number of hydrazone groups is 1. The fraction of sp³-hybridized carbons (Fsp3) is 0.167. The quantitative estimate of drug-likeness (QED) is 0.306. The van der Waals surface area contributed by atoms with Gasteiger partial charge in [0.05, 0.1) is 10.5 Å². The van der Waals surface area contributed by atoms with Gasteiger partial charge in [-0.05, 0) is 24.3 Å². The molecule has 0 aliphatic carbocycles. The van der Waals surface area contributed by atoms with Crippen molar-refractivity contribution in [3.8, 4) is 5.75 Å². The molecule has 3 rings (SSSR count). The van der Waals surface area contributed by atoms with E-state index < -0.39 is 23.0 Å². The van der Waals surface area contributed by atoms with E-state index in [0.717, 1.165) is 5.01 Å². The van der Waals surface area contributed by atoms with Crippen molar-refractivity contribution in [1.82, 2.24) is 5.01 Å². The molecule has 2 aromatic rings. The maximum absolute atomic E-state index is 12.1. The van der Waals surface area contributed by atoms with Gasteiger partial charge in [-0.2, -0.15) is 5.01 Å². The number of benzene rings is 2. The number of ether oxygens (including phenoxy) is 2. The second kappa shape index (κ2) is 7.77. The number of halogens is 1. The Morgan fingerprint density at radius 1 is 1.25 bits per heavy atom. The molecule has 0 unspecified atom stereocenters. The maximum Gasteiger partial charge on any atom is 0.308 e. The molecular weight excluding hydrogens is 434 g/mol. The first-order valence-electron chi connectivity index (χ1n) is 8.04. The molecule has 0 saturated heterocycles. The van der Waals surface area contributed by atoms with Crippen LogP contribution in [0.2, 0.25) is 0 Å². The third kappa shape index (κ3) is 4.01. The van der Waals surface area contributed by atoms with E-state index in [2.05, 4.69) is 21.0 Å². The lowest BCUT2D eigenvalue weighted by atomic mass is 10.1. The number of nitrogens with zero attached hydrogens (tertiary/aromatic N) is 3. The number of carbonyl (C=O) groups excluding carboxylic acids is 2. The monoisotopic (exact) mass is 447 g/mol. The van der Waals surface area contributed by atoms with Gasteiger partial charge >= 0.3 is 5.97 Å². The molecule has 1 aliphatic rings. The summed E-state index contributed by atoms with van der Waals surface area (Å²) >= 11 is 3.34. The zero-order chi connectivity index (χ0) is 20.4. The Morgan fingerprint density at radius 2 is 2.00 bits per heavy atom. The lowest BCUT2D eigenvalue weighted by Gasteiger charge is -2.21. The van der Waals surface area contributed by atoms with Crippen LogP contribution in [0.4, 0.5) is 5.69 Å². The Labute approximate surface area is 167 Å². The smallest absolute Gasteiger partial charge is 0.308 e. The van der Waals surface area contributed by atoms with Crippen molar-refractivity contribution in [3.05, 3.63) is 68.2 Å². The molecule has 1 atom stereocenters. The van der Waals surface area contributed by atoms with Crippen molar-refractivity contribution in [3.63, 3.8) is 0 Å². The third-order valence-corrected chi connectivity index (χ3v) is 4.26. The Hall–Kier alpha value is -3.27. The lowest BCUT2D eigenvalue weighted by Crippen LogP contribution is -2.26. The SMILES string of the molecule is CC(=O)Oc1ccc(Br)cc1[C@H]1OC(c2cccc([N+](=O)[O-])c2)=NN1C(C)=O. The van der Waals surface area contributed by atoms with E-state index >= 15 is 0 Å². The van der Waals surface area contributed by atoms with Gasteiger partial charge in [0.1, 0.15) is 5.75 Å². The fourth-order valence-electron chi connectivity index (χ4n) is 2.60. The van der Waals surface area contributed by atoms with Gasteiger partial charge in [-0.3, -0.25) is 19.7 Å². The van der Waals surface area contributed by atoms with Gasteiger partial charge in [-0.15, -0.1) is 5.10 Å². The first-order valence-corrected chi connectivity index (χ1v) is 8.83. The molecule has 1 amide bonds. The van der Waals surface area contributed by atoms with Crippen LogP contribution in [0.5, 0.6) is 5.75 Å². The van der Waals surface area contributed by atoms with E-state index in [0.29, 0.717) is 15.6 Å². The number of non-ortho nitro benzene ring substituents is 1. The average Bonchev–Trinajstić information content (AvgIpc) is 3.08. The van der Waals surface area contributed by atoms with Crippen LogP contribution >= 0.6 is 15.9 Å². The van der Waals surface area contributed by atoms with Crippen LogP contribution in [0.3, 0.4) is 0 Å². The van der Waals surface area contributed by atoms with Gasteiger partial charge in [-0.1, -0.05) is 22.0 Å². The molecule has 0 bridgehead atoms. The third-order valence-electron chi connectivity index (χ3n) is 3.76. The number of nitro groups is 1. The summed E-state index contributed by atoms with van der Waals surface area (Å²) in [6.45, 7) is 2.56. The average molecular weight is 448 g/mol. The molecule has 0 radical (unpaired) electrons. The normalized spacial score (nSPS) is 15.6. The van der Waals surface area contributed by atoms with Crippen molar-refractivity contribution in [1.29, 1.82) is 0 Å². The molecule has 0 saturated carbocycles. The minimum Gasteiger partial charge on any atom is -0.446 e. The summed E-state index contributed by atoms with van der Waals surface area (Å²) in [7, 11) is 0. The molecule has 0 N–H and O–H groups in total. The van der Waals surface area contributed by atoms with E-state index in [1.807, 2.05) is 0 Å². The second-order valence-electron chi connectivity index (χ2n) is 5.82. The van der Waals surface area contributed by atoms with Crippen LogP contribution in [-0.2, 0) is 14.3 Å². The predicted molar refractivity (Wildman–Crippen MR) is 101 cm³/mol. The second-order valence-corrected chi connectivity index (χ2v) is 6.74. The van der Waals surface area contributed by atoms with Gasteiger partial charge in [-0.25, -0.2) is 0 Å². The zero-order valence-electron chi connectivity index (χ0n) is 14.8. The van der Waals surface area contributed by atoms with Crippen LogP contribution in [0, 0.1) is 10.1 Å². The highest BCUT2D eigenvalue weighted by Gasteiger charge is 2.35. The number of hydrogen-bond donors (Lipinski definition) is 0. The van der Waals surface area contributed by atoms with Crippen LogP contribution in [0.1, 0.15) is 31.2 Å². The summed E-state index contributed by atoms with van der Waals surface area (Å²) in [5.41, 5.74) is 0.598. The summed E-state index contributed by atoms with van der Waals surface area (Å²) < 4.78 is 11.7. The summed E-state index contributed by atoms with van der Waals surface area (Å²) in [5.74, 6) is -0.699. The van der Waals surface area contributed by atoms with Crippen LogP contribution in [0.15, 0.2) is 52.0 Å². The topological polar surface area (TPSA) is 111 Å². The molecule has 9 nitrogen and oxygen atoms in total. The van der Waals surface area contributed by atoms with Gasteiger partial charge in [0, 0.05) is 36.0 Å². The van der Waals surface area contributed by atoms with Crippen molar-refractivity contribution >= 4 is 39.4 Å². The van der Waals surface area contributed by atoms with Crippen molar-refractivity contribution in [2.24, 2.45) is 5.10 Å². The molecular formula is C18H14BrN3O6. The van der Waals surface area contributed by atoms with Crippen molar-refractivity contribution in [2.45, 2.75) is 20.1 Å². The van der Waals surface area contributed by atoms with E-state index in [4.69, 9.17) is 9.47 Å². The van der Waals surface area contributed by atoms with E-state index in [1.54, 1.807) is 24.3 Å². The van der Waals surface area contributed by atoms with E-state index in [1.165, 1.54) is 32.0 Å². The highest BCUT2D eigenvalue weighted by atomic mass is 79.9. The fourth-order valence-corrected chi connectivity index (χ4v) is 2.98. The maximum atomic E-state index is 12.1. The summed E-state index contributed by atoms with van der Waals surface area (Å²) in [5, 5.41) is 16.3. The number of carbonyl (C=O) groups is 2. The van der Waals surface area contributed by atoms with Gasteiger partial charge in [0.15, 0.2) is 0 Å². The minimum absolute atomic E-state index is 0.0395. The summed E-state index contributed by atoms with van der Waals surface area (Å²) in [6, 6.07) is 10.6. The Kier molecular flexibility index (Phi) is 5.41. The molecule has 144 valence electrons. The molecule has 2 aromatic carbocycles. The molecule has 0 spiro atoms. The number of rotatable bonds is 4. The number of nitro benzene ring substituents is 1. The molecule has 1 aliphatic heterocycles.